The molecule has 0 aromatic carbocycles. The summed E-state index contributed by atoms with van der Waals surface area (Å²) in [6.07, 6.45) is 2.69. The third kappa shape index (κ3) is 3.34. The summed E-state index contributed by atoms with van der Waals surface area (Å²) in [5, 5.41) is 9.41. The first-order chi connectivity index (χ1) is 10.4. The minimum absolute atomic E-state index is 0.0723. The van der Waals surface area contributed by atoms with Crippen LogP contribution in [0.25, 0.3) is 0 Å². The van der Waals surface area contributed by atoms with Crippen molar-refractivity contribution in [3.8, 4) is 0 Å². The van der Waals surface area contributed by atoms with Gasteiger partial charge in [0.15, 0.2) is 0 Å². The highest BCUT2D eigenvalue weighted by Crippen LogP contribution is 2.44. The van der Waals surface area contributed by atoms with Crippen molar-refractivity contribution in [2.24, 2.45) is 11.3 Å². The van der Waals surface area contributed by atoms with Gasteiger partial charge in [-0.2, -0.15) is 0 Å². The second kappa shape index (κ2) is 5.89. The predicted octanol–water partition coefficient (Wildman–Crippen LogP) is 4.14. The standard InChI is InChI=1S/C17H28BFO4/c1-15(2,14(20)21)12-9-7-8-11(10-12)13(19)18-22-16(3,4)17(5,6)23-18/h12H,7-10H2,1-6H3,(H,20,21). The van der Waals surface area contributed by atoms with Crippen LogP contribution in [0.5, 0.6) is 0 Å². The second-order valence-electron chi connectivity index (χ2n) is 8.36. The van der Waals surface area contributed by atoms with Crippen molar-refractivity contribution in [1.82, 2.24) is 0 Å². The topological polar surface area (TPSA) is 55.8 Å². The Morgan fingerprint density at radius 1 is 1.26 bits per heavy atom. The molecule has 2 rings (SSSR count). The van der Waals surface area contributed by atoms with Gasteiger partial charge in [0.25, 0.3) is 0 Å². The van der Waals surface area contributed by atoms with Crippen LogP contribution in [-0.4, -0.2) is 29.4 Å². The van der Waals surface area contributed by atoms with Crippen molar-refractivity contribution < 1.29 is 23.6 Å². The lowest BCUT2D eigenvalue weighted by atomic mass is 9.68. The van der Waals surface area contributed by atoms with E-state index in [9.17, 15) is 14.3 Å². The molecule has 1 heterocycles. The molecule has 0 bridgehead atoms. The number of hydrogen-bond acceptors (Lipinski definition) is 3. The molecule has 1 N–H and O–H groups in total. The van der Waals surface area contributed by atoms with Crippen LogP contribution < -0.4 is 0 Å². The zero-order valence-corrected chi connectivity index (χ0v) is 15.0. The summed E-state index contributed by atoms with van der Waals surface area (Å²) in [4.78, 5) is 11.5. The van der Waals surface area contributed by atoms with Gasteiger partial charge < -0.3 is 14.4 Å². The highest BCUT2D eigenvalue weighted by atomic mass is 19.1. The van der Waals surface area contributed by atoms with E-state index in [1.807, 2.05) is 27.7 Å². The lowest BCUT2D eigenvalue weighted by Crippen LogP contribution is -2.41. The predicted molar refractivity (Wildman–Crippen MR) is 87.6 cm³/mol. The molecule has 0 radical (unpaired) electrons. The lowest BCUT2D eigenvalue weighted by molar-refractivity contribution is -0.150. The minimum Gasteiger partial charge on any atom is -0.481 e. The number of carbonyl (C=O) groups is 1. The quantitative estimate of drug-likeness (QED) is 0.792. The average Bonchev–Trinajstić information content (AvgIpc) is 2.66. The van der Waals surface area contributed by atoms with E-state index in [-0.39, 0.29) is 11.6 Å². The Morgan fingerprint density at radius 3 is 2.26 bits per heavy atom. The van der Waals surface area contributed by atoms with Gasteiger partial charge in [0.2, 0.25) is 0 Å². The van der Waals surface area contributed by atoms with Crippen molar-refractivity contribution >= 4 is 13.1 Å². The zero-order chi connectivity index (χ0) is 17.6. The van der Waals surface area contributed by atoms with E-state index in [1.165, 1.54) is 0 Å². The highest BCUT2D eigenvalue weighted by Gasteiger charge is 2.53. The van der Waals surface area contributed by atoms with Crippen LogP contribution >= 0.6 is 0 Å². The molecule has 1 saturated carbocycles. The number of hydrogen-bond donors (Lipinski definition) is 1. The van der Waals surface area contributed by atoms with Gasteiger partial charge in [0.1, 0.15) is 5.73 Å². The molecule has 23 heavy (non-hydrogen) atoms. The molecular weight excluding hydrogens is 298 g/mol. The molecule has 2 fully saturated rings. The van der Waals surface area contributed by atoms with Crippen LogP contribution in [0, 0.1) is 11.3 Å². The van der Waals surface area contributed by atoms with E-state index in [4.69, 9.17) is 9.31 Å². The van der Waals surface area contributed by atoms with E-state index in [0.29, 0.717) is 18.4 Å². The van der Waals surface area contributed by atoms with Crippen molar-refractivity contribution in [3.63, 3.8) is 0 Å². The van der Waals surface area contributed by atoms with Gasteiger partial charge in [-0.05, 0) is 78.7 Å². The van der Waals surface area contributed by atoms with Gasteiger partial charge in [-0.15, -0.1) is 0 Å². The molecule has 6 heteroatoms. The van der Waals surface area contributed by atoms with E-state index in [1.54, 1.807) is 13.8 Å². The summed E-state index contributed by atoms with van der Waals surface area (Å²) in [7, 11) is -0.985. The molecule has 0 aromatic rings. The molecule has 1 atom stereocenters. The fraction of sp³-hybridized carbons (Fsp3) is 0.824. The summed E-state index contributed by atoms with van der Waals surface area (Å²) in [5.41, 5.74) is -1.74. The molecule has 4 nitrogen and oxygen atoms in total. The normalized spacial score (nSPS) is 29.5. The number of halogens is 1. The third-order valence-corrected chi connectivity index (χ3v) is 5.89. The molecule has 2 aliphatic rings. The Balaban J connectivity index is 2.20. The molecular formula is C17H28BFO4. The van der Waals surface area contributed by atoms with E-state index < -0.39 is 29.7 Å². The SMILES string of the molecule is CC(C)(C(=O)O)C1CCCC(=C(F)B2OC(C)(C)C(C)(C)O2)C1. The van der Waals surface area contributed by atoms with Crippen LogP contribution in [0.1, 0.15) is 67.2 Å². The number of rotatable bonds is 3. The van der Waals surface area contributed by atoms with Gasteiger partial charge >= 0.3 is 13.1 Å². The Labute approximate surface area is 138 Å². The van der Waals surface area contributed by atoms with Crippen molar-refractivity contribution in [2.75, 3.05) is 0 Å². The maximum atomic E-state index is 14.9. The van der Waals surface area contributed by atoms with Crippen LogP contribution in [0.15, 0.2) is 11.3 Å². The monoisotopic (exact) mass is 326 g/mol. The molecule has 1 unspecified atom stereocenters. The van der Waals surface area contributed by atoms with Gasteiger partial charge in [-0.3, -0.25) is 4.79 Å². The van der Waals surface area contributed by atoms with Gasteiger partial charge in [-0.25, -0.2) is 4.39 Å². The van der Waals surface area contributed by atoms with Gasteiger partial charge in [-0.1, -0.05) is 0 Å². The third-order valence-electron chi connectivity index (χ3n) is 5.89. The fourth-order valence-electron chi connectivity index (χ4n) is 3.18. The molecule has 1 saturated heterocycles. The summed E-state index contributed by atoms with van der Waals surface area (Å²) >= 11 is 0. The Bertz CT molecular complexity index is 509. The Hall–Kier alpha value is -0.875. The van der Waals surface area contributed by atoms with Gasteiger partial charge in [0, 0.05) is 0 Å². The van der Waals surface area contributed by atoms with E-state index in [0.717, 1.165) is 12.8 Å². The summed E-state index contributed by atoms with van der Waals surface area (Å²) < 4.78 is 26.5. The Morgan fingerprint density at radius 2 is 1.78 bits per heavy atom. The van der Waals surface area contributed by atoms with Crippen molar-refractivity contribution in [3.05, 3.63) is 11.3 Å². The fourth-order valence-corrected chi connectivity index (χ4v) is 3.18. The van der Waals surface area contributed by atoms with Crippen molar-refractivity contribution in [2.45, 2.75) is 78.4 Å². The zero-order valence-electron chi connectivity index (χ0n) is 15.0. The summed E-state index contributed by atoms with van der Waals surface area (Å²) in [5.74, 6) is -0.906. The van der Waals surface area contributed by atoms with Crippen LogP contribution in [0.4, 0.5) is 4.39 Å². The second-order valence-corrected chi connectivity index (χ2v) is 8.36. The first-order valence-corrected chi connectivity index (χ1v) is 8.35. The van der Waals surface area contributed by atoms with Gasteiger partial charge in [0.05, 0.1) is 16.6 Å². The van der Waals surface area contributed by atoms with Crippen molar-refractivity contribution in [1.29, 1.82) is 0 Å². The largest absolute Gasteiger partial charge is 0.525 e. The lowest BCUT2D eigenvalue weighted by Gasteiger charge is -2.34. The molecule has 1 aliphatic carbocycles. The average molecular weight is 326 g/mol. The maximum absolute atomic E-state index is 14.9. The minimum atomic E-state index is -0.985. The van der Waals surface area contributed by atoms with Crippen LogP contribution in [0.2, 0.25) is 0 Å². The van der Waals surface area contributed by atoms with Crippen LogP contribution in [0.3, 0.4) is 0 Å². The molecule has 1 aliphatic heterocycles. The first kappa shape index (κ1) is 18.5. The maximum Gasteiger partial charge on any atom is 0.525 e. The molecule has 0 aromatic heterocycles. The molecule has 0 spiro atoms. The van der Waals surface area contributed by atoms with Crippen LogP contribution in [-0.2, 0) is 14.1 Å². The first-order valence-electron chi connectivity index (χ1n) is 8.35. The number of carboxylic acid groups (broad SMARTS) is 1. The molecule has 0 amide bonds. The summed E-state index contributed by atoms with van der Waals surface area (Å²) in [6.45, 7) is 11.0. The highest BCUT2D eigenvalue weighted by molar-refractivity contribution is 6.53. The number of allylic oxidation sites excluding steroid dienone is 1. The van der Waals surface area contributed by atoms with E-state index in [2.05, 4.69) is 0 Å². The Kier molecular flexibility index (Phi) is 4.73. The van der Waals surface area contributed by atoms with E-state index >= 15 is 0 Å². The molecule has 130 valence electrons. The smallest absolute Gasteiger partial charge is 0.481 e. The number of carboxylic acids is 1. The number of aliphatic carboxylic acids is 1. The summed E-state index contributed by atoms with van der Waals surface area (Å²) in [6, 6.07) is 0.